The molecule has 1 atom stereocenters. The van der Waals surface area contributed by atoms with E-state index in [9.17, 15) is 8.78 Å². The van der Waals surface area contributed by atoms with Crippen LogP contribution < -0.4 is 5.32 Å². The predicted molar refractivity (Wildman–Crippen MR) is 80.4 cm³/mol. The van der Waals surface area contributed by atoms with Gasteiger partial charge in [0.15, 0.2) is 4.34 Å². The van der Waals surface area contributed by atoms with Gasteiger partial charge in [0, 0.05) is 25.5 Å². The summed E-state index contributed by atoms with van der Waals surface area (Å²) >= 11 is 2.75. The van der Waals surface area contributed by atoms with Crippen LogP contribution in [0.1, 0.15) is 25.2 Å². The van der Waals surface area contributed by atoms with Crippen LogP contribution in [0.2, 0.25) is 0 Å². The van der Waals surface area contributed by atoms with Gasteiger partial charge >= 0.3 is 6.55 Å². The van der Waals surface area contributed by atoms with E-state index in [1.165, 1.54) is 35.5 Å². The lowest BCUT2D eigenvalue weighted by molar-refractivity contribution is 0.0678. The molecule has 1 saturated heterocycles. The van der Waals surface area contributed by atoms with Gasteiger partial charge in [-0.3, -0.25) is 4.57 Å². The van der Waals surface area contributed by atoms with Crippen molar-refractivity contribution in [2.45, 2.75) is 35.6 Å². The minimum absolute atomic E-state index is 0.235. The summed E-state index contributed by atoms with van der Waals surface area (Å²) in [6, 6.07) is 0. The fraction of sp³-hybridized carbons (Fsp3) is 0.583. The lowest BCUT2D eigenvalue weighted by atomic mass is 10.2. The van der Waals surface area contributed by atoms with Crippen molar-refractivity contribution in [1.29, 1.82) is 0 Å². The summed E-state index contributed by atoms with van der Waals surface area (Å²) in [5, 5.41) is 12.0. The van der Waals surface area contributed by atoms with E-state index >= 15 is 0 Å². The van der Waals surface area contributed by atoms with Gasteiger partial charge in [-0.1, -0.05) is 23.1 Å². The molecule has 10 heteroatoms. The highest BCUT2D eigenvalue weighted by atomic mass is 32.2. The highest BCUT2D eigenvalue weighted by Gasteiger charge is 2.16. The Hall–Kier alpha value is -1.26. The zero-order valence-electron chi connectivity index (χ0n) is 11.6. The van der Waals surface area contributed by atoms with Crippen LogP contribution in [0, 0.1) is 0 Å². The third kappa shape index (κ3) is 3.93. The monoisotopic (exact) mass is 347 g/mol. The second-order valence-electron chi connectivity index (χ2n) is 4.71. The molecule has 1 fully saturated rings. The molecule has 1 unspecified atom stereocenters. The van der Waals surface area contributed by atoms with Gasteiger partial charge < -0.3 is 10.1 Å². The molecule has 3 rings (SSSR count). The van der Waals surface area contributed by atoms with Crippen LogP contribution in [-0.2, 0) is 10.5 Å². The van der Waals surface area contributed by atoms with Crippen molar-refractivity contribution < 1.29 is 13.5 Å². The van der Waals surface area contributed by atoms with Crippen LogP contribution in [0.3, 0.4) is 0 Å². The summed E-state index contributed by atoms with van der Waals surface area (Å²) in [5.74, 6) is 0.654. The number of ether oxygens (including phenoxy) is 1. The average molecular weight is 347 g/mol. The fourth-order valence-electron chi connectivity index (χ4n) is 2.11. The molecular weight excluding hydrogens is 332 g/mol. The molecular formula is C12H15F2N5OS2. The average Bonchev–Trinajstić information content (AvgIpc) is 3.23. The van der Waals surface area contributed by atoms with Gasteiger partial charge in [0.1, 0.15) is 5.82 Å². The Morgan fingerprint density at radius 2 is 2.41 bits per heavy atom. The van der Waals surface area contributed by atoms with Crippen LogP contribution in [0.15, 0.2) is 16.7 Å². The van der Waals surface area contributed by atoms with E-state index < -0.39 is 6.55 Å². The summed E-state index contributed by atoms with van der Waals surface area (Å²) in [5.41, 5.74) is 0. The van der Waals surface area contributed by atoms with E-state index in [2.05, 4.69) is 20.5 Å². The number of nitrogens with zero attached hydrogens (tertiary/aromatic N) is 4. The van der Waals surface area contributed by atoms with Crippen molar-refractivity contribution in [2.75, 3.05) is 18.5 Å². The lowest BCUT2D eigenvalue weighted by Gasteiger charge is -2.08. The minimum atomic E-state index is -2.57. The van der Waals surface area contributed by atoms with Crippen LogP contribution >= 0.6 is 23.1 Å². The van der Waals surface area contributed by atoms with Gasteiger partial charge in [0.25, 0.3) is 0 Å². The van der Waals surface area contributed by atoms with Crippen molar-refractivity contribution in [3.63, 3.8) is 0 Å². The number of rotatable bonds is 7. The van der Waals surface area contributed by atoms with Gasteiger partial charge in [-0.05, 0) is 12.8 Å². The molecule has 1 aliphatic rings. The molecule has 0 aliphatic carbocycles. The summed E-state index contributed by atoms with van der Waals surface area (Å²) in [4.78, 5) is 3.93. The standard InChI is InChI=1S/C12H15F2N5OS2/c13-10(14)19-4-3-15-9(19)7-21-12-18-17-11(22-12)16-6-8-2-1-5-20-8/h3-4,8,10H,1-2,5-7H2,(H,16,17). The quantitative estimate of drug-likeness (QED) is 0.777. The zero-order valence-corrected chi connectivity index (χ0v) is 13.2. The maximum Gasteiger partial charge on any atom is 0.319 e. The molecule has 0 spiro atoms. The maximum atomic E-state index is 12.7. The number of alkyl halides is 2. The van der Waals surface area contributed by atoms with Crippen LogP contribution in [-0.4, -0.2) is 39.0 Å². The molecule has 1 aliphatic heterocycles. The van der Waals surface area contributed by atoms with Crippen LogP contribution in [0.25, 0.3) is 0 Å². The molecule has 0 radical (unpaired) electrons. The second-order valence-corrected chi connectivity index (χ2v) is 6.91. The Bertz CT molecular complexity index is 600. The van der Waals surface area contributed by atoms with Gasteiger partial charge in [-0.2, -0.15) is 8.78 Å². The molecule has 3 heterocycles. The van der Waals surface area contributed by atoms with E-state index in [-0.39, 0.29) is 6.10 Å². The topological polar surface area (TPSA) is 64.9 Å². The molecule has 6 nitrogen and oxygen atoms in total. The number of aromatic nitrogens is 4. The Balaban J connectivity index is 1.49. The number of imidazole rings is 1. The third-order valence-electron chi connectivity index (χ3n) is 3.20. The van der Waals surface area contributed by atoms with E-state index in [1.807, 2.05) is 0 Å². The molecule has 2 aromatic heterocycles. The normalized spacial score (nSPS) is 18.2. The number of hydrogen-bond donors (Lipinski definition) is 1. The number of halogens is 2. The molecule has 120 valence electrons. The summed E-state index contributed by atoms with van der Waals surface area (Å²) in [6.45, 7) is -1.04. The molecule has 0 amide bonds. The SMILES string of the molecule is FC(F)n1ccnc1CSc1nnc(NCC2CCCO2)s1. The number of hydrogen-bond acceptors (Lipinski definition) is 7. The van der Waals surface area contributed by atoms with E-state index in [1.54, 1.807) is 0 Å². The first-order valence-corrected chi connectivity index (χ1v) is 8.64. The Morgan fingerprint density at radius 1 is 1.50 bits per heavy atom. The van der Waals surface area contributed by atoms with Crippen LogP contribution in [0.4, 0.5) is 13.9 Å². The lowest BCUT2D eigenvalue weighted by Crippen LogP contribution is -2.18. The number of thioether (sulfide) groups is 1. The molecule has 2 aromatic rings. The summed E-state index contributed by atoms with van der Waals surface area (Å²) < 4.78 is 32.5. The number of nitrogens with one attached hydrogen (secondary N) is 1. The van der Waals surface area contributed by atoms with Crippen molar-refractivity contribution in [3.8, 4) is 0 Å². The van der Waals surface area contributed by atoms with E-state index in [0.717, 1.165) is 40.0 Å². The largest absolute Gasteiger partial charge is 0.376 e. The summed E-state index contributed by atoms with van der Waals surface area (Å²) in [7, 11) is 0. The second kappa shape index (κ2) is 7.34. The van der Waals surface area contributed by atoms with E-state index in [4.69, 9.17) is 4.74 Å². The number of anilines is 1. The van der Waals surface area contributed by atoms with Gasteiger partial charge in [0.2, 0.25) is 5.13 Å². The highest BCUT2D eigenvalue weighted by Crippen LogP contribution is 2.29. The van der Waals surface area contributed by atoms with Crippen molar-refractivity contribution in [1.82, 2.24) is 19.7 Å². The molecule has 1 N–H and O–H groups in total. The van der Waals surface area contributed by atoms with Gasteiger partial charge in [0.05, 0.1) is 11.9 Å². The van der Waals surface area contributed by atoms with Crippen molar-refractivity contribution in [2.24, 2.45) is 0 Å². The maximum absolute atomic E-state index is 12.7. The first-order chi connectivity index (χ1) is 10.7. The van der Waals surface area contributed by atoms with Crippen molar-refractivity contribution in [3.05, 3.63) is 18.2 Å². The first-order valence-electron chi connectivity index (χ1n) is 6.84. The van der Waals surface area contributed by atoms with Gasteiger partial charge in [-0.15, -0.1) is 10.2 Å². The molecule has 22 heavy (non-hydrogen) atoms. The van der Waals surface area contributed by atoms with Gasteiger partial charge in [-0.25, -0.2) is 4.98 Å². The molecule has 0 aromatic carbocycles. The Kier molecular flexibility index (Phi) is 5.21. The summed E-state index contributed by atoms with van der Waals surface area (Å²) in [6.07, 6.45) is 5.04. The van der Waals surface area contributed by atoms with Crippen molar-refractivity contribution >= 4 is 28.2 Å². The fourth-order valence-corrected chi connectivity index (χ4v) is 3.81. The molecule has 0 bridgehead atoms. The smallest absolute Gasteiger partial charge is 0.319 e. The van der Waals surface area contributed by atoms with E-state index in [0.29, 0.717) is 11.6 Å². The Morgan fingerprint density at radius 3 is 3.18 bits per heavy atom. The highest BCUT2D eigenvalue weighted by molar-refractivity contribution is 8.00. The zero-order chi connectivity index (χ0) is 15.4. The third-order valence-corrected chi connectivity index (χ3v) is 5.21. The molecule has 0 saturated carbocycles. The predicted octanol–water partition coefficient (Wildman–Crippen LogP) is 3.01. The minimum Gasteiger partial charge on any atom is -0.376 e. The van der Waals surface area contributed by atoms with Crippen LogP contribution in [0.5, 0.6) is 0 Å². The Labute approximate surface area is 134 Å². The first kappa shape index (κ1) is 15.6.